The molecule has 0 spiro atoms. The minimum Gasteiger partial charge on any atom is -0.406 e. The zero-order valence-corrected chi connectivity index (χ0v) is 22.7. The van der Waals surface area contributed by atoms with Crippen molar-refractivity contribution in [2.24, 2.45) is 0 Å². The van der Waals surface area contributed by atoms with E-state index >= 15 is 0 Å². The molecule has 15 heteroatoms. The van der Waals surface area contributed by atoms with Crippen LogP contribution < -0.4 is 20.9 Å². The summed E-state index contributed by atoms with van der Waals surface area (Å²) in [6.07, 6.45) is 0.118. The zero-order valence-electron chi connectivity index (χ0n) is 21.9. The summed E-state index contributed by atoms with van der Waals surface area (Å²) < 4.78 is 56.5. The molecule has 1 aromatic carbocycles. The van der Waals surface area contributed by atoms with E-state index in [0.29, 0.717) is 42.2 Å². The number of carbonyl (C=O) groups excluding carboxylic acids is 2. The molecule has 0 fully saturated rings. The van der Waals surface area contributed by atoms with Gasteiger partial charge >= 0.3 is 6.36 Å². The largest absolute Gasteiger partial charge is 0.573 e. The Hall–Kier alpha value is -4.66. The first-order chi connectivity index (χ1) is 20.1. The molecule has 4 rings (SSSR count). The molecule has 4 aromatic rings. The highest BCUT2D eigenvalue weighted by molar-refractivity contribution is 7.13. The number of amides is 2. The number of pyridine rings is 2. The molecule has 0 bridgehead atoms. The molecule has 2 N–H and O–H groups in total. The number of carbonyl (C=O) groups is 2. The lowest BCUT2D eigenvalue weighted by atomic mass is 10.2. The van der Waals surface area contributed by atoms with Gasteiger partial charge in [0.2, 0.25) is 10.9 Å². The van der Waals surface area contributed by atoms with Crippen LogP contribution >= 0.6 is 11.3 Å². The predicted octanol–water partition coefficient (Wildman–Crippen LogP) is 4.27. The maximum Gasteiger partial charge on any atom is 0.573 e. The standard InChI is InChI=1S/C27H24F4N6O4S/c28-21-8-7-20(41-27(29,30)31)13-17(21)16-33-25(40)26-36-35-23(42-26)6-2-4-11-37-12-9-19(15-24(37)39)34-22(38)14-18-5-1-3-10-32-18/h1,3,5,7-10,12-13,15H,2,4,6,11,14,16H2,(H,33,40)(H,34,38). The first-order valence-electron chi connectivity index (χ1n) is 12.6. The summed E-state index contributed by atoms with van der Waals surface area (Å²) >= 11 is 1.03. The molecule has 0 unspecified atom stereocenters. The maximum atomic E-state index is 14.0. The third-order valence-electron chi connectivity index (χ3n) is 5.74. The fraction of sp³-hybridized carbons (Fsp3) is 0.259. The quantitative estimate of drug-likeness (QED) is 0.183. The number of aromatic nitrogens is 4. The van der Waals surface area contributed by atoms with E-state index < -0.39 is 23.8 Å². The van der Waals surface area contributed by atoms with E-state index in [4.69, 9.17) is 0 Å². The molecular formula is C27H24F4N6O4S. The molecule has 0 saturated heterocycles. The summed E-state index contributed by atoms with van der Waals surface area (Å²) in [5, 5.41) is 13.5. The molecule has 0 aliphatic heterocycles. The number of nitrogens with one attached hydrogen (secondary N) is 2. The van der Waals surface area contributed by atoms with Gasteiger partial charge in [0, 0.05) is 54.9 Å². The van der Waals surface area contributed by atoms with Gasteiger partial charge in [0.15, 0.2) is 0 Å². The number of aryl methyl sites for hydroxylation is 2. The van der Waals surface area contributed by atoms with E-state index in [2.05, 4.69) is 30.6 Å². The fourth-order valence-corrected chi connectivity index (χ4v) is 4.58. The molecule has 0 aliphatic rings. The van der Waals surface area contributed by atoms with Crippen LogP contribution in [-0.4, -0.2) is 37.9 Å². The predicted molar refractivity (Wildman–Crippen MR) is 144 cm³/mol. The van der Waals surface area contributed by atoms with Crippen LogP contribution in [0.2, 0.25) is 0 Å². The van der Waals surface area contributed by atoms with Crippen LogP contribution in [0.15, 0.2) is 65.7 Å². The Morgan fingerprint density at radius 2 is 1.88 bits per heavy atom. The summed E-state index contributed by atoms with van der Waals surface area (Å²) in [5.41, 5.74) is 0.547. The minimum absolute atomic E-state index is 0.0185. The lowest BCUT2D eigenvalue weighted by Gasteiger charge is -2.11. The van der Waals surface area contributed by atoms with Gasteiger partial charge in [-0.3, -0.25) is 19.4 Å². The van der Waals surface area contributed by atoms with Crippen LogP contribution in [0.25, 0.3) is 0 Å². The van der Waals surface area contributed by atoms with Gasteiger partial charge < -0.3 is 19.9 Å². The Labute approximate surface area is 240 Å². The zero-order chi connectivity index (χ0) is 30.1. The molecule has 42 heavy (non-hydrogen) atoms. The number of halogens is 4. The second-order valence-electron chi connectivity index (χ2n) is 8.93. The Kier molecular flexibility index (Phi) is 9.96. The second kappa shape index (κ2) is 13.8. The molecular weight excluding hydrogens is 580 g/mol. The third kappa shape index (κ3) is 9.19. The van der Waals surface area contributed by atoms with Gasteiger partial charge in [-0.1, -0.05) is 17.4 Å². The second-order valence-corrected chi connectivity index (χ2v) is 10.00. The van der Waals surface area contributed by atoms with Crippen molar-refractivity contribution in [1.82, 2.24) is 25.1 Å². The average Bonchev–Trinajstić information content (AvgIpc) is 3.41. The van der Waals surface area contributed by atoms with Crippen LogP contribution in [0, 0.1) is 5.82 Å². The highest BCUT2D eigenvalue weighted by atomic mass is 32.1. The molecule has 3 heterocycles. The first kappa shape index (κ1) is 30.3. The molecule has 0 aliphatic carbocycles. The van der Waals surface area contributed by atoms with E-state index in [0.717, 1.165) is 29.5 Å². The number of anilines is 1. The monoisotopic (exact) mass is 604 g/mol. The van der Waals surface area contributed by atoms with E-state index in [9.17, 15) is 31.9 Å². The number of rotatable bonds is 12. The van der Waals surface area contributed by atoms with Crippen molar-refractivity contribution in [2.45, 2.75) is 45.1 Å². The van der Waals surface area contributed by atoms with Crippen molar-refractivity contribution in [3.05, 3.63) is 98.4 Å². The number of unbranched alkanes of at least 4 members (excludes halogenated alkanes) is 1. The Balaban J connectivity index is 1.21. The van der Waals surface area contributed by atoms with Crippen molar-refractivity contribution >= 4 is 28.8 Å². The van der Waals surface area contributed by atoms with E-state index in [-0.39, 0.29) is 35.0 Å². The van der Waals surface area contributed by atoms with Crippen LogP contribution in [0.1, 0.15) is 38.9 Å². The van der Waals surface area contributed by atoms with Crippen LogP contribution in [0.4, 0.5) is 23.2 Å². The first-order valence-corrected chi connectivity index (χ1v) is 13.4. The number of hydrogen-bond acceptors (Lipinski definition) is 8. The molecule has 220 valence electrons. The van der Waals surface area contributed by atoms with Crippen molar-refractivity contribution < 1.29 is 31.9 Å². The number of alkyl halides is 3. The van der Waals surface area contributed by atoms with Gasteiger partial charge in [-0.05, 0) is 49.2 Å². The molecule has 2 amide bonds. The van der Waals surface area contributed by atoms with Gasteiger partial charge in [0.25, 0.3) is 11.5 Å². The van der Waals surface area contributed by atoms with Crippen molar-refractivity contribution in [1.29, 1.82) is 0 Å². The number of hydrogen-bond donors (Lipinski definition) is 2. The lowest BCUT2D eigenvalue weighted by Crippen LogP contribution is -2.23. The maximum absolute atomic E-state index is 14.0. The van der Waals surface area contributed by atoms with Crippen molar-refractivity contribution in [3.8, 4) is 5.75 Å². The third-order valence-corrected chi connectivity index (χ3v) is 6.72. The van der Waals surface area contributed by atoms with Gasteiger partial charge in [-0.15, -0.1) is 23.4 Å². The summed E-state index contributed by atoms with van der Waals surface area (Å²) in [4.78, 5) is 41.1. The molecule has 3 aromatic heterocycles. The van der Waals surface area contributed by atoms with Crippen LogP contribution in [-0.2, 0) is 30.7 Å². The average molecular weight is 605 g/mol. The molecule has 0 saturated carbocycles. The normalized spacial score (nSPS) is 11.2. The summed E-state index contributed by atoms with van der Waals surface area (Å²) in [7, 11) is 0. The number of ether oxygens (including phenoxy) is 1. The lowest BCUT2D eigenvalue weighted by molar-refractivity contribution is -0.274. The van der Waals surface area contributed by atoms with E-state index in [1.807, 2.05) is 0 Å². The Bertz CT molecular complexity index is 1590. The van der Waals surface area contributed by atoms with E-state index in [1.54, 1.807) is 36.7 Å². The van der Waals surface area contributed by atoms with Gasteiger partial charge in [-0.25, -0.2) is 4.39 Å². The highest BCUT2D eigenvalue weighted by Gasteiger charge is 2.31. The summed E-state index contributed by atoms with van der Waals surface area (Å²) in [6, 6.07) is 10.8. The molecule has 0 atom stereocenters. The SMILES string of the molecule is O=C(Cc1ccccn1)Nc1ccn(CCCCc2nnc(C(=O)NCc3cc(OC(F)(F)F)ccc3F)s2)c(=O)c1. The van der Waals surface area contributed by atoms with Gasteiger partial charge in [-0.2, -0.15) is 0 Å². The topological polar surface area (TPSA) is 128 Å². The van der Waals surface area contributed by atoms with Crippen LogP contribution in [0.5, 0.6) is 5.75 Å². The minimum atomic E-state index is -4.93. The molecule has 0 radical (unpaired) electrons. The highest BCUT2D eigenvalue weighted by Crippen LogP contribution is 2.25. The van der Waals surface area contributed by atoms with Crippen molar-refractivity contribution in [2.75, 3.05) is 5.32 Å². The smallest absolute Gasteiger partial charge is 0.406 e. The summed E-state index contributed by atoms with van der Waals surface area (Å²) in [6.45, 7) is 0.0475. The summed E-state index contributed by atoms with van der Waals surface area (Å²) in [5.74, 6) is -2.35. The van der Waals surface area contributed by atoms with Crippen molar-refractivity contribution in [3.63, 3.8) is 0 Å². The van der Waals surface area contributed by atoms with Gasteiger partial charge in [0.05, 0.1) is 6.42 Å². The Morgan fingerprint density at radius 3 is 2.62 bits per heavy atom. The fourth-order valence-electron chi connectivity index (χ4n) is 3.78. The Morgan fingerprint density at radius 1 is 1.05 bits per heavy atom. The number of benzene rings is 1. The number of nitrogens with zero attached hydrogens (tertiary/aromatic N) is 4. The van der Waals surface area contributed by atoms with E-state index in [1.165, 1.54) is 10.6 Å². The molecule has 10 nitrogen and oxygen atoms in total. The van der Waals surface area contributed by atoms with Crippen LogP contribution in [0.3, 0.4) is 0 Å². The van der Waals surface area contributed by atoms with Gasteiger partial charge in [0.1, 0.15) is 16.6 Å².